The number of anilines is 1. The number of rotatable bonds is 5. The minimum Gasteiger partial charge on any atom is -0.343 e. The van der Waals surface area contributed by atoms with Crippen LogP contribution in [0.5, 0.6) is 0 Å². The summed E-state index contributed by atoms with van der Waals surface area (Å²) >= 11 is 0. The van der Waals surface area contributed by atoms with Crippen LogP contribution in [0, 0.1) is 5.82 Å². The Morgan fingerprint density at radius 3 is 2.90 bits per heavy atom. The van der Waals surface area contributed by atoms with E-state index in [1.54, 1.807) is 6.20 Å². The molecule has 2 aromatic rings. The van der Waals surface area contributed by atoms with Crippen LogP contribution in [0.15, 0.2) is 30.5 Å². The Labute approximate surface area is 120 Å². The van der Waals surface area contributed by atoms with Gasteiger partial charge in [0.25, 0.3) is 5.91 Å². The van der Waals surface area contributed by atoms with Gasteiger partial charge in [0.2, 0.25) is 5.91 Å². The number of amides is 2. The van der Waals surface area contributed by atoms with E-state index in [1.807, 2.05) is 6.92 Å². The molecule has 0 aliphatic rings. The third kappa shape index (κ3) is 3.88. The van der Waals surface area contributed by atoms with Gasteiger partial charge in [0.05, 0.1) is 12.7 Å². The standard InChI is InChI=1S/C14H15FN4O2/c1-2-9-7-17-19-13(9)18-12(20)8-16-14(21)10-4-3-5-11(15)6-10/h3-7H,2,8H2,1H3,(H,16,21)(H2,17,18,19,20). The molecule has 3 N–H and O–H groups in total. The van der Waals surface area contributed by atoms with Gasteiger partial charge in [-0.15, -0.1) is 0 Å². The Hall–Kier alpha value is -2.70. The van der Waals surface area contributed by atoms with Crippen molar-refractivity contribution in [2.45, 2.75) is 13.3 Å². The van der Waals surface area contributed by atoms with E-state index in [2.05, 4.69) is 20.8 Å². The van der Waals surface area contributed by atoms with Crippen LogP contribution in [0.3, 0.4) is 0 Å². The van der Waals surface area contributed by atoms with Crippen molar-refractivity contribution in [3.8, 4) is 0 Å². The van der Waals surface area contributed by atoms with Crippen LogP contribution < -0.4 is 10.6 Å². The molecule has 7 heteroatoms. The molecule has 1 aromatic carbocycles. The van der Waals surface area contributed by atoms with Gasteiger partial charge in [0, 0.05) is 11.1 Å². The van der Waals surface area contributed by atoms with E-state index in [9.17, 15) is 14.0 Å². The Morgan fingerprint density at radius 2 is 2.19 bits per heavy atom. The van der Waals surface area contributed by atoms with Gasteiger partial charge in [-0.05, 0) is 24.6 Å². The summed E-state index contributed by atoms with van der Waals surface area (Å²) in [5, 5.41) is 11.5. The van der Waals surface area contributed by atoms with Crippen LogP contribution in [0.2, 0.25) is 0 Å². The molecule has 0 aliphatic carbocycles. The summed E-state index contributed by atoms with van der Waals surface area (Å²) < 4.78 is 13.0. The van der Waals surface area contributed by atoms with Crippen molar-refractivity contribution in [2.75, 3.05) is 11.9 Å². The normalized spacial score (nSPS) is 10.2. The molecule has 0 unspecified atom stereocenters. The van der Waals surface area contributed by atoms with Crippen LogP contribution in [0.1, 0.15) is 22.8 Å². The van der Waals surface area contributed by atoms with E-state index in [0.29, 0.717) is 5.82 Å². The third-order valence-electron chi connectivity index (χ3n) is 2.86. The van der Waals surface area contributed by atoms with Crippen LogP contribution in [-0.4, -0.2) is 28.6 Å². The summed E-state index contributed by atoms with van der Waals surface area (Å²) in [4.78, 5) is 23.5. The first-order valence-corrected chi connectivity index (χ1v) is 6.46. The van der Waals surface area contributed by atoms with Gasteiger partial charge in [-0.25, -0.2) is 4.39 Å². The molecule has 0 radical (unpaired) electrons. The maximum absolute atomic E-state index is 13.0. The van der Waals surface area contributed by atoms with Crippen LogP contribution in [-0.2, 0) is 11.2 Å². The first-order valence-electron chi connectivity index (χ1n) is 6.46. The average Bonchev–Trinajstić information content (AvgIpc) is 2.92. The van der Waals surface area contributed by atoms with E-state index in [0.717, 1.165) is 18.1 Å². The highest BCUT2D eigenvalue weighted by molar-refractivity contribution is 5.99. The zero-order chi connectivity index (χ0) is 15.2. The summed E-state index contributed by atoms with van der Waals surface area (Å²) in [6.45, 7) is 1.73. The van der Waals surface area contributed by atoms with Crippen molar-refractivity contribution in [1.29, 1.82) is 0 Å². The van der Waals surface area contributed by atoms with Crippen LogP contribution >= 0.6 is 0 Å². The van der Waals surface area contributed by atoms with E-state index in [1.165, 1.54) is 18.2 Å². The molecule has 2 amide bonds. The predicted octanol–water partition coefficient (Wildman–Crippen LogP) is 1.48. The molecule has 1 aromatic heterocycles. The lowest BCUT2D eigenvalue weighted by Gasteiger charge is -2.07. The van der Waals surface area contributed by atoms with Crippen molar-refractivity contribution in [3.63, 3.8) is 0 Å². The fourth-order valence-electron chi connectivity index (χ4n) is 1.76. The monoisotopic (exact) mass is 290 g/mol. The van der Waals surface area contributed by atoms with Crippen LogP contribution in [0.25, 0.3) is 0 Å². The Kier molecular flexibility index (Phi) is 4.65. The molecule has 1 heterocycles. The van der Waals surface area contributed by atoms with Gasteiger partial charge in [-0.1, -0.05) is 13.0 Å². The number of hydrogen-bond acceptors (Lipinski definition) is 3. The lowest BCUT2D eigenvalue weighted by atomic mass is 10.2. The number of nitrogens with zero attached hydrogens (tertiary/aromatic N) is 1. The van der Waals surface area contributed by atoms with Crippen molar-refractivity contribution in [2.24, 2.45) is 0 Å². The number of aromatic amines is 1. The molecule has 110 valence electrons. The zero-order valence-electron chi connectivity index (χ0n) is 11.4. The van der Waals surface area contributed by atoms with Gasteiger partial charge in [-0.3, -0.25) is 14.7 Å². The second-order valence-corrected chi connectivity index (χ2v) is 4.36. The molecule has 2 rings (SSSR count). The lowest BCUT2D eigenvalue weighted by Crippen LogP contribution is -2.33. The van der Waals surface area contributed by atoms with Crippen molar-refractivity contribution >= 4 is 17.6 Å². The number of hydrogen-bond donors (Lipinski definition) is 3. The van der Waals surface area contributed by atoms with Gasteiger partial charge in [-0.2, -0.15) is 5.10 Å². The predicted molar refractivity (Wildman–Crippen MR) is 75.3 cm³/mol. The number of carbonyl (C=O) groups is 2. The second kappa shape index (κ2) is 6.65. The molecule has 0 saturated heterocycles. The number of aromatic nitrogens is 2. The number of aryl methyl sites for hydroxylation is 1. The molecule has 6 nitrogen and oxygen atoms in total. The molecule has 21 heavy (non-hydrogen) atoms. The molecular formula is C14H15FN4O2. The summed E-state index contributed by atoms with van der Waals surface area (Å²) in [5.74, 6) is -0.886. The van der Waals surface area contributed by atoms with Crippen molar-refractivity contribution < 1.29 is 14.0 Å². The fraction of sp³-hybridized carbons (Fsp3) is 0.214. The van der Waals surface area contributed by atoms with Crippen LogP contribution in [0.4, 0.5) is 10.2 Å². The quantitative estimate of drug-likeness (QED) is 0.779. The highest BCUT2D eigenvalue weighted by Crippen LogP contribution is 2.10. The second-order valence-electron chi connectivity index (χ2n) is 4.36. The summed E-state index contributed by atoms with van der Waals surface area (Å²) in [5.41, 5.74) is 1.04. The number of H-pyrrole nitrogens is 1. The molecule has 0 aliphatic heterocycles. The van der Waals surface area contributed by atoms with Crippen molar-refractivity contribution in [1.82, 2.24) is 15.5 Å². The maximum Gasteiger partial charge on any atom is 0.251 e. The van der Waals surface area contributed by atoms with Gasteiger partial charge in [0.1, 0.15) is 11.6 Å². The topological polar surface area (TPSA) is 86.9 Å². The zero-order valence-corrected chi connectivity index (χ0v) is 11.4. The lowest BCUT2D eigenvalue weighted by molar-refractivity contribution is -0.115. The molecule has 0 saturated carbocycles. The summed E-state index contributed by atoms with van der Waals surface area (Å²) in [6, 6.07) is 5.26. The van der Waals surface area contributed by atoms with E-state index in [4.69, 9.17) is 0 Å². The van der Waals surface area contributed by atoms with E-state index < -0.39 is 17.6 Å². The van der Waals surface area contributed by atoms with Gasteiger partial charge in [0.15, 0.2) is 0 Å². The van der Waals surface area contributed by atoms with E-state index >= 15 is 0 Å². The van der Waals surface area contributed by atoms with Gasteiger partial charge < -0.3 is 10.6 Å². The molecule has 0 fully saturated rings. The summed E-state index contributed by atoms with van der Waals surface area (Å²) in [7, 11) is 0. The number of benzene rings is 1. The smallest absolute Gasteiger partial charge is 0.251 e. The highest BCUT2D eigenvalue weighted by atomic mass is 19.1. The third-order valence-corrected chi connectivity index (χ3v) is 2.86. The molecular weight excluding hydrogens is 275 g/mol. The number of carbonyl (C=O) groups excluding carboxylic acids is 2. The Bertz CT molecular complexity index is 654. The first-order chi connectivity index (χ1) is 10.1. The maximum atomic E-state index is 13.0. The molecule has 0 atom stereocenters. The Morgan fingerprint density at radius 1 is 1.38 bits per heavy atom. The van der Waals surface area contributed by atoms with Gasteiger partial charge >= 0.3 is 0 Å². The minimum absolute atomic E-state index is 0.165. The molecule has 0 bridgehead atoms. The minimum atomic E-state index is -0.509. The fourth-order valence-corrected chi connectivity index (χ4v) is 1.76. The highest BCUT2D eigenvalue weighted by Gasteiger charge is 2.11. The molecule has 0 spiro atoms. The largest absolute Gasteiger partial charge is 0.343 e. The number of nitrogens with one attached hydrogen (secondary N) is 3. The SMILES string of the molecule is CCc1cn[nH]c1NC(=O)CNC(=O)c1cccc(F)c1. The van der Waals surface area contributed by atoms with Crippen molar-refractivity contribution in [3.05, 3.63) is 47.4 Å². The van der Waals surface area contributed by atoms with E-state index in [-0.39, 0.29) is 12.1 Å². The first kappa shape index (κ1) is 14.7. The Balaban J connectivity index is 1.88. The average molecular weight is 290 g/mol. The summed E-state index contributed by atoms with van der Waals surface area (Å²) in [6.07, 6.45) is 2.35. The number of halogens is 1.